The van der Waals surface area contributed by atoms with Gasteiger partial charge in [0.1, 0.15) is 5.82 Å². The number of rotatable bonds is 7. The van der Waals surface area contributed by atoms with Crippen LogP contribution in [0.2, 0.25) is 0 Å². The van der Waals surface area contributed by atoms with Gasteiger partial charge in [-0.3, -0.25) is 0 Å². The molecule has 1 saturated heterocycles. The minimum absolute atomic E-state index is 0.0981. The molecule has 1 heterocycles. The summed E-state index contributed by atoms with van der Waals surface area (Å²) >= 11 is 0. The maximum atomic E-state index is 13.8. The lowest BCUT2D eigenvalue weighted by atomic mass is 10.0. The Labute approximate surface area is 122 Å². The molecule has 1 aliphatic rings. The van der Waals surface area contributed by atoms with Crippen molar-refractivity contribution in [2.24, 2.45) is 5.92 Å². The highest BCUT2D eigenvalue weighted by Crippen LogP contribution is 2.20. The predicted molar refractivity (Wildman–Crippen MR) is 82.3 cm³/mol. The first kappa shape index (κ1) is 15.5. The van der Waals surface area contributed by atoms with Crippen LogP contribution in [0, 0.1) is 11.7 Å². The molecule has 0 amide bonds. The maximum Gasteiger partial charge on any atom is 0.127 e. The molecule has 1 aliphatic heterocycles. The normalized spacial score (nSPS) is 19.1. The van der Waals surface area contributed by atoms with Crippen LogP contribution in [-0.2, 0) is 0 Å². The van der Waals surface area contributed by atoms with E-state index in [0.29, 0.717) is 5.92 Å². The summed E-state index contributed by atoms with van der Waals surface area (Å²) in [6.07, 6.45) is 3.59. The van der Waals surface area contributed by atoms with E-state index in [1.807, 2.05) is 12.1 Å². The molecule has 0 radical (unpaired) electrons. The Morgan fingerprint density at radius 2 is 1.95 bits per heavy atom. The Kier molecular flexibility index (Phi) is 5.99. The Hall–Kier alpha value is -0.930. The molecule has 1 aromatic rings. The van der Waals surface area contributed by atoms with Crippen LogP contribution in [0.4, 0.5) is 4.39 Å². The molecule has 1 aromatic carbocycles. The number of halogens is 1. The van der Waals surface area contributed by atoms with Gasteiger partial charge < -0.3 is 10.2 Å². The van der Waals surface area contributed by atoms with Gasteiger partial charge in [0.2, 0.25) is 0 Å². The van der Waals surface area contributed by atoms with Gasteiger partial charge in [-0.2, -0.15) is 0 Å². The van der Waals surface area contributed by atoms with E-state index in [0.717, 1.165) is 25.1 Å². The molecule has 0 bridgehead atoms. The van der Waals surface area contributed by atoms with Crippen molar-refractivity contribution in [3.8, 4) is 0 Å². The number of nitrogens with one attached hydrogen (secondary N) is 1. The predicted octanol–water partition coefficient (Wildman–Crippen LogP) is 3.60. The number of nitrogens with zero attached hydrogens (tertiary/aromatic N) is 1. The van der Waals surface area contributed by atoms with Crippen LogP contribution in [0.5, 0.6) is 0 Å². The third-order valence-electron chi connectivity index (χ3n) is 4.17. The number of benzene rings is 1. The lowest BCUT2D eigenvalue weighted by Gasteiger charge is -2.24. The standard InChI is InChI=1S/C17H27FN2/c1-3-17(15-8-4-5-9-16(15)18)19-12-14(2)13-20-10-6-7-11-20/h4-5,8-9,14,17,19H,3,6-7,10-13H2,1-2H3. The molecule has 1 fully saturated rings. The molecular formula is C17H27FN2. The van der Waals surface area contributed by atoms with Crippen LogP contribution < -0.4 is 5.32 Å². The molecule has 20 heavy (non-hydrogen) atoms. The lowest BCUT2D eigenvalue weighted by molar-refractivity contribution is 0.276. The molecule has 2 unspecified atom stereocenters. The SMILES string of the molecule is CCC(NCC(C)CN1CCCC1)c1ccccc1F. The smallest absolute Gasteiger partial charge is 0.127 e. The molecule has 2 atom stereocenters. The van der Waals surface area contributed by atoms with Crippen LogP contribution in [0.1, 0.15) is 44.7 Å². The zero-order valence-corrected chi connectivity index (χ0v) is 12.7. The Morgan fingerprint density at radius 1 is 1.25 bits per heavy atom. The van der Waals surface area contributed by atoms with Gasteiger partial charge in [-0.25, -0.2) is 4.39 Å². The zero-order valence-electron chi connectivity index (χ0n) is 12.7. The first-order valence-corrected chi connectivity index (χ1v) is 7.91. The minimum Gasteiger partial charge on any atom is -0.310 e. The van der Waals surface area contributed by atoms with Crippen molar-refractivity contribution in [2.45, 2.75) is 39.2 Å². The summed E-state index contributed by atoms with van der Waals surface area (Å²) in [6.45, 7) is 8.97. The van der Waals surface area contributed by atoms with Gasteiger partial charge in [0.05, 0.1) is 0 Å². The number of likely N-dealkylation sites (tertiary alicyclic amines) is 1. The molecule has 2 nitrogen and oxygen atoms in total. The van der Waals surface area contributed by atoms with E-state index in [-0.39, 0.29) is 11.9 Å². The molecule has 0 aliphatic carbocycles. The van der Waals surface area contributed by atoms with Crippen LogP contribution in [-0.4, -0.2) is 31.1 Å². The maximum absolute atomic E-state index is 13.8. The Bertz CT molecular complexity index is 402. The highest BCUT2D eigenvalue weighted by Gasteiger charge is 2.17. The summed E-state index contributed by atoms with van der Waals surface area (Å²) < 4.78 is 13.8. The van der Waals surface area contributed by atoms with Gasteiger partial charge in [-0.15, -0.1) is 0 Å². The quantitative estimate of drug-likeness (QED) is 0.820. The minimum atomic E-state index is -0.0981. The molecule has 0 aromatic heterocycles. The van der Waals surface area contributed by atoms with Gasteiger partial charge in [0, 0.05) is 18.2 Å². The fourth-order valence-electron chi connectivity index (χ4n) is 3.05. The summed E-state index contributed by atoms with van der Waals surface area (Å²) in [5.74, 6) is 0.507. The zero-order chi connectivity index (χ0) is 14.4. The van der Waals surface area contributed by atoms with Crippen LogP contribution in [0.15, 0.2) is 24.3 Å². The summed E-state index contributed by atoms with van der Waals surface area (Å²) in [6, 6.07) is 7.23. The van der Waals surface area contributed by atoms with E-state index in [4.69, 9.17) is 0 Å². The van der Waals surface area contributed by atoms with Gasteiger partial charge in [0.25, 0.3) is 0 Å². The summed E-state index contributed by atoms with van der Waals surface area (Å²) in [5, 5.41) is 3.53. The third kappa shape index (κ3) is 4.29. The van der Waals surface area contributed by atoms with E-state index in [2.05, 4.69) is 24.1 Å². The van der Waals surface area contributed by atoms with Crippen molar-refractivity contribution in [1.82, 2.24) is 10.2 Å². The van der Waals surface area contributed by atoms with Crippen molar-refractivity contribution >= 4 is 0 Å². The molecule has 2 rings (SSSR count). The first-order valence-electron chi connectivity index (χ1n) is 7.91. The molecule has 0 saturated carbocycles. The fourth-order valence-corrected chi connectivity index (χ4v) is 3.05. The topological polar surface area (TPSA) is 15.3 Å². The third-order valence-corrected chi connectivity index (χ3v) is 4.17. The number of hydrogen-bond acceptors (Lipinski definition) is 2. The highest BCUT2D eigenvalue weighted by molar-refractivity contribution is 5.21. The molecule has 0 spiro atoms. The van der Waals surface area contributed by atoms with Crippen molar-refractivity contribution in [3.05, 3.63) is 35.6 Å². The van der Waals surface area contributed by atoms with Crippen molar-refractivity contribution < 1.29 is 4.39 Å². The van der Waals surface area contributed by atoms with E-state index in [1.165, 1.54) is 25.9 Å². The van der Waals surface area contributed by atoms with Gasteiger partial charge in [0.15, 0.2) is 0 Å². The van der Waals surface area contributed by atoms with Gasteiger partial charge >= 0.3 is 0 Å². The van der Waals surface area contributed by atoms with Gasteiger partial charge in [-0.1, -0.05) is 32.0 Å². The summed E-state index contributed by atoms with van der Waals surface area (Å²) in [5.41, 5.74) is 0.795. The Balaban J connectivity index is 1.82. The van der Waals surface area contributed by atoms with E-state index < -0.39 is 0 Å². The average molecular weight is 278 g/mol. The van der Waals surface area contributed by atoms with E-state index in [9.17, 15) is 4.39 Å². The second kappa shape index (κ2) is 7.75. The van der Waals surface area contributed by atoms with E-state index in [1.54, 1.807) is 12.1 Å². The molecular weight excluding hydrogens is 251 g/mol. The summed E-state index contributed by atoms with van der Waals surface area (Å²) in [4.78, 5) is 2.54. The first-order chi connectivity index (χ1) is 9.70. The fraction of sp³-hybridized carbons (Fsp3) is 0.647. The van der Waals surface area contributed by atoms with E-state index >= 15 is 0 Å². The van der Waals surface area contributed by atoms with Crippen LogP contribution >= 0.6 is 0 Å². The number of hydrogen-bond donors (Lipinski definition) is 1. The molecule has 3 heteroatoms. The van der Waals surface area contributed by atoms with Crippen molar-refractivity contribution in [1.29, 1.82) is 0 Å². The highest BCUT2D eigenvalue weighted by atomic mass is 19.1. The largest absolute Gasteiger partial charge is 0.310 e. The lowest BCUT2D eigenvalue weighted by Crippen LogP contribution is -2.33. The van der Waals surface area contributed by atoms with Crippen molar-refractivity contribution in [2.75, 3.05) is 26.2 Å². The van der Waals surface area contributed by atoms with Crippen LogP contribution in [0.3, 0.4) is 0 Å². The summed E-state index contributed by atoms with van der Waals surface area (Å²) in [7, 11) is 0. The van der Waals surface area contributed by atoms with Crippen LogP contribution in [0.25, 0.3) is 0 Å². The Morgan fingerprint density at radius 3 is 2.60 bits per heavy atom. The van der Waals surface area contributed by atoms with Gasteiger partial charge in [-0.05, 0) is 50.9 Å². The second-order valence-electron chi connectivity index (χ2n) is 6.00. The second-order valence-corrected chi connectivity index (χ2v) is 6.00. The monoisotopic (exact) mass is 278 g/mol. The average Bonchev–Trinajstić information content (AvgIpc) is 2.94. The van der Waals surface area contributed by atoms with Crippen molar-refractivity contribution in [3.63, 3.8) is 0 Å². The molecule has 1 N–H and O–H groups in total. The molecule has 112 valence electrons.